The molecule has 0 aliphatic rings. The van der Waals surface area contributed by atoms with Crippen LogP contribution in [0.2, 0.25) is 0 Å². The number of benzene rings is 1. The number of nitrogens with one attached hydrogen (secondary N) is 2. The van der Waals surface area contributed by atoms with Crippen molar-refractivity contribution < 1.29 is 22.8 Å². The number of amides is 2. The van der Waals surface area contributed by atoms with E-state index in [9.17, 15) is 22.8 Å². The molecule has 10 heteroatoms. The minimum absolute atomic E-state index is 0.118. The van der Waals surface area contributed by atoms with Gasteiger partial charge in [0.25, 0.3) is 11.8 Å². The van der Waals surface area contributed by atoms with Crippen molar-refractivity contribution in [2.24, 2.45) is 0 Å². The number of hydrogen-bond acceptors (Lipinski definition) is 5. The number of halogens is 3. The van der Waals surface area contributed by atoms with Crippen LogP contribution in [0.5, 0.6) is 0 Å². The second kappa shape index (κ2) is 8.38. The Morgan fingerprint density at radius 2 is 1.85 bits per heavy atom. The Labute approximate surface area is 158 Å². The molecule has 1 aromatic heterocycles. The van der Waals surface area contributed by atoms with Gasteiger partial charge in [-0.1, -0.05) is 12.1 Å². The smallest absolute Gasteiger partial charge is 0.378 e. The third-order valence-corrected chi connectivity index (χ3v) is 4.69. The van der Waals surface area contributed by atoms with Crippen LogP contribution < -0.4 is 10.6 Å². The van der Waals surface area contributed by atoms with Gasteiger partial charge in [-0.05, 0) is 36.2 Å². The molecule has 0 aliphatic heterocycles. The van der Waals surface area contributed by atoms with Gasteiger partial charge in [0.2, 0.25) is 0 Å². The fourth-order valence-corrected chi connectivity index (χ4v) is 3.11. The first-order valence-electron chi connectivity index (χ1n) is 7.95. The van der Waals surface area contributed by atoms with E-state index in [1.54, 1.807) is 33.2 Å². The van der Waals surface area contributed by atoms with E-state index in [0.717, 1.165) is 5.56 Å². The number of anilines is 1. The van der Waals surface area contributed by atoms with Gasteiger partial charge in [0.05, 0.1) is 11.3 Å². The van der Waals surface area contributed by atoms with Crippen molar-refractivity contribution >= 4 is 28.3 Å². The molecule has 27 heavy (non-hydrogen) atoms. The number of hydrogen-bond donors (Lipinski definition) is 2. The molecule has 0 atom stereocenters. The van der Waals surface area contributed by atoms with Crippen LogP contribution in [0.15, 0.2) is 24.3 Å². The van der Waals surface area contributed by atoms with Crippen molar-refractivity contribution in [3.8, 4) is 0 Å². The van der Waals surface area contributed by atoms with E-state index in [4.69, 9.17) is 0 Å². The first-order chi connectivity index (χ1) is 12.6. The van der Waals surface area contributed by atoms with E-state index in [0.29, 0.717) is 16.3 Å². The van der Waals surface area contributed by atoms with E-state index in [-0.39, 0.29) is 18.0 Å². The summed E-state index contributed by atoms with van der Waals surface area (Å²) in [4.78, 5) is 25.9. The summed E-state index contributed by atoms with van der Waals surface area (Å²) in [5, 5.41) is 5.44. The van der Waals surface area contributed by atoms with Crippen molar-refractivity contribution in [1.82, 2.24) is 14.6 Å². The molecule has 0 unspecified atom stereocenters. The summed E-state index contributed by atoms with van der Waals surface area (Å²) in [6.07, 6.45) is -4.46. The standard InChI is InChI=1S/C17H19F3N4O2S/c1-10-13(15(21-2)27-23-10)16(26)24(3)8-11-4-6-12(7-5-11)14(25)22-9-17(18,19)20/h4-7,21H,8-9H2,1-3H3,(H,22,25). The summed E-state index contributed by atoms with van der Waals surface area (Å²) < 4.78 is 40.6. The number of aromatic nitrogens is 1. The molecule has 2 N–H and O–H groups in total. The Balaban J connectivity index is 2.02. The third kappa shape index (κ3) is 5.43. The van der Waals surface area contributed by atoms with Gasteiger partial charge in [-0.3, -0.25) is 9.59 Å². The second-order valence-corrected chi connectivity index (χ2v) is 6.65. The van der Waals surface area contributed by atoms with Gasteiger partial charge in [0.1, 0.15) is 11.5 Å². The number of aryl methyl sites for hydroxylation is 1. The van der Waals surface area contributed by atoms with Gasteiger partial charge in [0.15, 0.2) is 0 Å². The summed E-state index contributed by atoms with van der Waals surface area (Å²) in [7, 11) is 3.36. The van der Waals surface area contributed by atoms with E-state index < -0.39 is 18.6 Å². The molecule has 0 bridgehead atoms. The highest BCUT2D eigenvalue weighted by atomic mass is 32.1. The van der Waals surface area contributed by atoms with Crippen LogP contribution in [0, 0.1) is 6.92 Å². The number of carbonyl (C=O) groups excluding carboxylic acids is 2. The van der Waals surface area contributed by atoms with Crippen LogP contribution in [0.3, 0.4) is 0 Å². The average molecular weight is 400 g/mol. The topological polar surface area (TPSA) is 74.3 Å². The molecule has 0 saturated heterocycles. The van der Waals surface area contributed by atoms with Gasteiger partial charge in [-0.15, -0.1) is 0 Å². The van der Waals surface area contributed by atoms with E-state index in [1.807, 2.05) is 5.32 Å². The molecule has 0 spiro atoms. The Kier molecular flexibility index (Phi) is 6.42. The monoisotopic (exact) mass is 400 g/mol. The van der Waals surface area contributed by atoms with Crippen LogP contribution in [-0.2, 0) is 6.54 Å². The maximum atomic E-state index is 12.6. The lowest BCUT2D eigenvalue weighted by Gasteiger charge is -2.18. The molecular formula is C17H19F3N4O2S. The first kappa shape index (κ1) is 20.7. The number of nitrogens with zero attached hydrogens (tertiary/aromatic N) is 2. The minimum atomic E-state index is -4.46. The van der Waals surface area contributed by atoms with Crippen LogP contribution in [0.4, 0.5) is 18.2 Å². The molecule has 1 aromatic carbocycles. The third-order valence-electron chi connectivity index (χ3n) is 3.74. The number of rotatable bonds is 6. The summed E-state index contributed by atoms with van der Waals surface area (Å²) in [5.74, 6) is -1.00. The normalized spacial score (nSPS) is 11.2. The Morgan fingerprint density at radius 3 is 2.41 bits per heavy atom. The predicted octanol–water partition coefficient (Wildman–Crippen LogP) is 3.06. The lowest BCUT2D eigenvalue weighted by molar-refractivity contribution is -0.123. The van der Waals surface area contributed by atoms with Gasteiger partial charge >= 0.3 is 6.18 Å². The van der Waals surface area contributed by atoms with E-state index in [2.05, 4.69) is 9.69 Å². The Bertz CT molecular complexity index is 819. The van der Waals surface area contributed by atoms with E-state index >= 15 is 0 Å². The van der Waals surface area contributed by atoms with Crippen molar-refractivity contribution in [3.63, 3.8) is 0 Å². The Morgan fingerprint density at radius 1 is 1.22 bits per heavy atom. The lowest BCUT2D eigenvalue weighted by Crippen LogP contribution is -2.33. The van der Waals surface area contributed by atoms with Gasteiger partial charge in [-0.2, -0.15) is 17.5 Å². The molecule has 1 heterocycles. The highest BCUT2D eigenvalue weighted by Gasteiger charge is 2.28. The number of carbonyl (C=O) groups is 2. The molecule has 0 aliphatic carbocycles. The molecule has 0 fully saturated rings. The van der Waals surface area contributed by atoms with Crippen LogP contribution in [0.1, 0.15) is 32.0 Å². The maximum absolute atomic E-state index is 12.6. The number of alkyl halides is 3. The van der Waals surface area contributed by atoms with Gasteiger partial charge < -0.3 is 15.5 Å². The van der Waals surface area contributed by atoms with Crippen LogP contribution in [-0.4, -0.2) is 47.9 Å². The van der Waals surface area contributed by atoms with E-state index in [1.165, 1.54) is 28.6 Å². The molecule has 2 aromatic rings. The average Bonchev–Trinajstić information content (AvgIpc) is 2.99. The highest BCUT2D eigenvalue weighted by molar-refractivity contribution is 7.10. The first-order valence-corrected chi connectivity index (χ1v) is 8.73. The van der Waals surface area contributed by atoms with Crippen molar-refractivity contribution in [2.45, 2.75) is 19.6 Å². The molecule has 0 saturated carbocycles. The summed E-state index contributed by atoms with van der Waals surface area (Å²) in [5.41, 5.74) is 2.00. The minimum Gasteiger partial charge on any atom is -0.378 e. The second-order valence-electron chi connectivity index (χ2n) is 5.88. The molecule has 0 radical (unpaired) electrons. The van der Waals surface area contributed by atoms with Gasteiger partial charge in [0, 0.05) is 26.2 Å². The fraction of sp³-hybridized carbons (Fsp3) is 0.353. The molecule has 6 nitrogen and oxygen atoms in total. The SMILES string of the molecule is CNc1snc(C)c1C(=O)N(C)Cc1ccc(C(=O)NCC(F)(F)F)cc1. The zero-order valence-electron chi connectivity index (χ0n) is 15.0. The molecule has 2 amide bonds. The van der Waals surface area contributed by atoms with Crippen molar-refractivity contribution in [3.05, 3.63) is 46.6 Å². The van der Waals surface area contributed by atoms with Crippen LogP contribution >= 0.6 is 11.5 Å². The maximum Gasteiger partial charge on any atom is 0.405 e. The van der Waals surface area contributed by atoms with Crippen LogP contribution in [0.25, 0.3) is 0 Å². The molecular weight excluding hydrogens is 381 g/mol. The van der Waals surface area contributed by atoms with Crippen molar-refractivity contribution in [1.29, 1.82) is 0 Å². The quantitative estimate of drug-likeness (QED) is 0.782. The Hall–Kier alpha value is -2.62. The largest absolute Gasteiger partial charge is 0.405 e. The summed E-state index contributed by atoms with van der Waals surface area (Å²) in [6, 6.07) is 6.06. The summed E-state index contributed by atoms with van der Waals surface area (Å²) in [6.45, 7) is 0.654. The predicted molar refractivity (Wildman–Crippen MR) is 97.0 cm³/mol. The van der Waals surface area contributed by atoms with Crippen molar-refractivity contribution in [2.75, 3.05) is 26.0 Å². The lowest BCUT2D eigenvalue weighted by atomic mass is 10.1. The highest BCUT2D eigenvalue weighted by Crippen LogP contribution is 2.25. The summed E-state index contributed by atoms with van der Waals surface area (Å²) >= 11 is 1.21. The van der Waals surface area contributed by atoms with Gasteiger partial charge in [-0.25, -0.2) is 0 Å². The zero-order chi connectivity index (χ0) is 20.2. The molecule has 146 valence electrons. The zero-order valence-corrected chi connectivity index (χ0v) is 15.8. The fourth-order valence-electron chi connectivity index (χ4n) is 2.37. The molecule has 2 rings (SSSR count).